The molecule has 12 nitrogen and oxygen atoms in total. The quantitative estimate of drug-likeness (QED) is 0.0861. The number of rotatable bonds is 21. The molecule has 282 valence electrons. The van der Waals surface area contributed by atoms with Gasteiger partial charge in [-0.1, -0.05) is 41.4 Å². The second-order valence-corrected chi connectivity index (χ2v) is 14.6. The molecule has 14 heteroatoms. The lowest BCUT2D eigenvalue weighted by Gasteiger charge is -2.32. The number of aliphatic carboxylic acids is 1. The third kappa shape index (κ3) is 10.6. The van der Waals surface area contributed by atoms with Gasteiger partial charge >= 0.3 is 5.97 Å². The Morgan fingerprint density at radius 3 is 2.42 bits per heavy atom. The normalized spacial score (nSPS) is 17.3. The first kappa shape index (κ1) is 39.9. The number of aromatic nitrogens is 1. The smallest absolute Gasteiger partial charge is 0.317 e. The van der Waals surface area contributed by atoms with E-state index < -0.39 is 48.4 Å². The molecule has 0 radical (unpaired) electrons. The zero-order chi connectivity index (χ0) is 37.4. The molecule has 1 amide bonds. The van der Waals surface area contributed by atoms with Crippen LogP contribution in [0.15, 0.2) is 54.9 Å². The summed E-state index contributed by atoms with van der Waals surface area (Å²) < 4.78 is 12.8. The van der Waals surface area contributed by atoms with Crippen LogP contribution in [0.3, 0.4) is 0 Å². The number of para-hydroxylation sites is 1. The predicted octanol–water partition coefficient (Wildman–Crippen LogP) is 4.09. The maximum Gasteiger partial charge on any atom is 0.317 e. The van der Waals surface area contributed by atoms with Crippen molar-refractivity contribution in [3.8, 4) is 16.9 Å². The number of halogens is 2. The molecule has 2 aliphatic carbocycles. The highest BCUT2D eigenvalue weighted by Crippen LogP contribution is 2.53. The fourth-order valence-corrected chi connectivity index (χ4v) is 6.75. The summed E-state index contributed by atoms with van der Waals surface area (Å²) in [5.74, 6) is -0.683. The number of hydrogen-bond acceptors (Lipinski definition) is 10. The first-order chi connectivity index (χ1) is 24.9. The van der Waals surface area contributed by atoms with Crippen molar-refractivity contribution in [2.24, 2.45) is 0 Å². The lowest BCUT2D eigenvalue weighted by atomic mass is 9.96. The number of aryl methyl sites for hydroxylation is 1. The van der Waals surface area contributed by atoms with Gasteiger partial charge in [0.15, 0.2) is 0 Å². The van der Waals surface area contributed by atoms with Crippen LogP contribution in [0.1, 0.15) is 61.6 Å². The molecule has 2 fully saturated rings. The fraction of sp³-hybridized carbons (Fsp3) is 0.500. The number of unbranched alkanes of at least 4 members (excludes halogenated alkanes) is 1. The van der Waals surface area contributed by atoms with Gasteiger partial charge in [0.05, 0.1) is 37.5 Å². The van der Waals surface area contributed by atoms with Crippen molar-refractivity contribution in [3.63, 3.8) is 0 Å². The Morgan fingerprint density at radius 2 is 1.73 bits per heavy atom. The van der Waals surface area contributed by atoms with Gasteiger partial charge in [0.2, 0.25) is 5.91 Å². The molecule has 4 atom stereocenters. The van der Waals surface area contributed by atoms with Crippen molar-refractivity contribution < 1.29 is 44.6 Å². The maximum atomic E-state index is 12.8. The number of nitrogens with zero attached hydrogens (tertiary/aromatic N) is 2. The third-order valence-electron chi connectivity index (χ3n) is 9.43. The number of hydrogen-bond donors (Lipinski definition) is 6. The highest BCUT2D eigenvalue weighted by atomic mass is 35.5. The molecule has 1 aromatic heterocycles. The van der Waals surface area contributed by atoms with Crippen LogP contribution in [-0.2, 0) is 33.0 Å². The Labute approximate surface area is 313 Å². The molecule has 2 saturated carbocycles. The van der Waals surface area contributed by atoms with E-state index in [1.54, 1.807) is 6.20 Å². The van der Waals surface area contributed by atoms with Crippen LogP contribution in [0.5, 0.6) is 5.75 Å². The molecule has 5 rings (SSSR count). The van der Waals surface area contributed by atoms with E-state index in [-0.39, 0.29) is 32.2 Å². The number of aliphatic hydroxyl groups excluding tert-OH is 4. The molecule has 0 bridgehead atoms. The number of carboxylic acids is 1. The highest BCUT2D eigenvalue weighted by Gasteiger charge is 2.48. The summed E-state index contributed by atoms with van der Waals surface area (Å²) in [6.07, 6.45) is 4.39. The second kappa shape index (κ2) is 18.1. The van der Waals surface area contributed by atoms with Gasteiger partial charge in [0.1, 0.15) is 24.1 Å². The van der Waals surface area contributed by atoms with Crippen molar-refractivity contribution in [1.82, 2.24) is 15.2 Å². The first-order valence-electron chi connectivity index (χ1n) is 17.6. The van der Waals surface area contributed by atoms with Crippen LogP contribution in [-0.4, -0.2) is 104 Å². The minimum Gasteiger partial charge on any atom is -0.490 e. The van der Waals surface area contributed by atoms with Gasteiger partial charge in [0, 0.05) is 46.5 Å². The molecule has 0 spiro atoms. The van der Waals surface area contributed by atoms with Crippen LogP contribution in [0.2, 0.25) is 10.0 Å². The molecule has 0 aliphatic heterocycles. The van der Waals surface area contributed by atoms with E-state index in [0.717, 1.165) is 59.3 Å². The fourth-order valence-electron chi connectivity index (χ4n) is 6.23. The van der Waals surface area contributed by atoms with E-state index >= 15 is 0 Å². The van der Waals surface area contributed by atoms with Crippen LogP contribution in [0.4, 0.5) is 0 Å². The zero-order valence-corrected chi connectivity index (χ0v) is 30.6. The molecule has 3 aromatic rings. The summed E-state index contributed by atoms with van der Waals surface area (Å²) in [5, 5.41) is 52.5. The number of benzene rings is 2. The topological polar surface area (TPSA) is 182 Å². The number of aliphatic hydroxyl groups is 4. The van der Waals surface area contributed by atoms with Gasteiger partial charge in [-0.05, 0) is 92.9 Å². The van der Waals surface area contributed by atoms with Crippen molar-refractivity contribution in [1.29, 1.82) is 0 Å². The Kier molecular flexibility index (Phi) is 13.9. The Balaban J connectivity index is 1.15. The van der Waals surface area contributed by atoms with Crippen LogP contribution in [0.25, 0.3) is 11.1 Å². The summed E-state index contributed by atoms with van der Waals surface area (Å²) in [6.45, 7) is -1.04. The summed E-state index contributed by atoms with van der Waals surface area (Å²) >= 11 is 13.4. The third-order valence-corrected chi connectivity index (χ3v) is 10.1. The van der Waals surface area contributed by atoms with E-state index in [4.69, 9.17) is 42.9 Å². The number of likely N-dealkylation sites (N-methyl/N-ethyl adjacent to an activating group) is 1. The minimum atomic E-state index is -1.76. The zero-order valence-electron chi connectivity index (χ0n) is 29.1. The van der Waals surface area contributed by atoms with Crippen molar-refractivity contribution in [3.05, 3.63) is 81.6 Å². The number of carboxylic acid groups (broad SMARTS) is 1. The summed E-state index contributed by atoms with van der Waals surface area (Å²) in [7, 11) is 1.48. The van der Waals surface area contributed by atoms with Gasteiger partial charge in [-0.2, -0.15) is 0 Å². The van der Waals surface area contributed by atoms with Gasteiger partial charge in [0.25, 0.3) is 0 Å². The number of pyridine rings is 1. The largest absolute Gasteiger partial charge is 0.490 e. The monoisotopic (exact) mass is 759 g/mol. The van der Waals surface area contributed by atoms with Crippen LogP contribution < -0.4 is 10.1 Å². The highest BCUT2D eigenvalue weighted by molar-refractivity contribution is 6.34. The van der Waals surface area contributed by atoms with Crippen LogP contribution in [0, 0.1) is 0 Å². The number of carbonyl (C=O) groups excluding carboxylic acids is 1. The van der Waals surface area contributed by atoms with E-state index in [2.05, 4.69) is 16.4 Å². The average Bonchev–Trinajstić information content (AvgIpc) is 4.07. The van der Waals surface area contributed by atoms with Crippen LogP contribution >= 0.6 is 23.2 Å². The number of nitrogens with one attached hydrogen (secondary N) is 1. The van der Waals surface area contributed by atoms with Crippen molar-refractivity contribution in [2.75, 3.05) is 26.7 Å². The summed E-state index contributed by atoms with van der Waals surface area (Å²) in [5.41, 5.74) is 4.15. The summed E-state index contributed by atoms with van der Waals surface area (Å²) in [4.78, 5) is 29.7. The number of amides is 1. The van der Waals surface area contributed by atoms with Crippen molar-refractivity contribution >= 4 is 35.1 Å². The van der Waals surface area contributed by atoms with E-state index in [0.29, 0.717) is 29.3 Å². The van der Waals surface area contributed by atoms with Gasteiger partial charge in [-0.15, -0.1) is 0 Å². The van der Waals surface area contributed by atoms with Crippen molar-refractivity contribution in [2.45, 2.75) is 94.0 Å². The number of ether oxygens (including phenoxy) is 2. The molecular formula is C38H47Cl2N3O9. The van der Waals surface area contributed by atoms with E-state index in [1.165, 1.54) is 11.9 Å². The number of carbonyl (C=O) groups is 2. The molecular weight excluding hydrogens is 713 g/mol. The molecule has 0 saturated heterocycles. The molecule has 6 N–H and O–H groups in total. The molecule has 52 heavy (non-hydrogen) atoms. The molecule has 2 aromatic carbocycles. The average molecular weight is 761 g/mol. The van der Waals surface area contributed by atoms with Gasteiger partial charge < -0.3 is 40.3 Å². The van der Waals surface area contributed by atoms with E-state index in [1.807, 2.05) is 42.6 Å². The van der Waals surface area contributed by atoms with E-state index in [9.17, 15) is 24.9 Å². The predicted molar refractivity (Wildman–Crippen MR) is 195 cm³/mol. The minimum absolute atomic E-state index is 0.0807. The molecule has 2 aliphatic rings. The lowest BCUT2D eigenvalue weighted by Crippen LogP contribution is -2.56. The maximum absolute atomic E-state index is 12.8. The molecule has 0 unspecified atom stereocenters. The van der Waals surface area contributed by atoms with Gasteiger partial charge in [-0.3, -0.25) is 19.5 Å². The lowest BCUT2D eigenvalue weighted by molar-refractivity contribution is -0.138. The van der Waals surface area contributed by atoms with Gasteiger partial charge in [-0.25, -0.2) is 0 Å². The Morgan fingerprint density at radius 1 is 1.02 bits per heavy atom. The Hall–Kier alpha value is -3.33. The molecule has 1 heterocycles. The first-order valence-corrected chi connectivity index (χ1v) is 18.3. The summed E-state index contributed by atoms with van der Waals surface area (Å²) in [6, 6.07) is 12.6. The standard InChI is InChI=1S/C38H47Cl2N3O9/c1-43(20-35(47)48)19-31(36(49)37(50)32(45)21-44)42-34(46)9-5-2-6-23-16-30(40)24(17-29(23)39)22-51-38(13-14-38)28-18-41-15-12-26(28)27-7-3-4-8-33(27)52-25-10-11-25/h3-4,7-8,12,15-18,25,31-32,36-37,44-45,49-50H,2,5-6,9-11,13-14,19-22H2,1H3,(H,42,46)(H,47,48)/t31-,32+,36+,37+/m1/s1. The SMILES string of the molecule is CN(CC(=O)O)C[C@@H](NC(=O)CCCCc1cc(Cl)c(COC2(c3cnccc3-c3ccccc3OC3CC3)CC2)cc1Cl)[C@H](O)[C@@H](O)[C@@H](O)CO. The second-order valence-electron chi connectivity index (χ2n) is 13.8. The Bertz CT molecular complexity index is 1690.